The molecule has 18 heavy (non-hydrogen) atoms. The fourth-order valence-electron chi connectivity index (χ4n) is 3.37. The molecule has 1 saturated carbocycles. The number of hydrogen-bond acceptors (Lipinski definition) is 1. The van der Waals surface area contributed by atoms with Crippen LogP contribution in [-0.4, -0.2) is 11.5 Å². The molecule has 3 atom stereocenters. The van der Waals surface area contributed by atoms with Gasteiger partial charge in [-0.15, -0.1) is 11.6 Å². The van der Waals surface area contributed by atoms with Gasteiger partial charge < -0.3 is 4.74 Å². The van der Waals surface area contributed by atoms with Crippen LogP contribution in [0.2, 0.25) is 0 Å². The van der Waals surface area contributed by atoms with Gasteiger partial charge >= 0.3 is 0 Å². The number of benzene rings is 1. The van der Waals surface area contributed by atoms with Gasteiger partial charge in [-0.3, -0.25) is 0 Å². The fraction of sp³-hybridized carbons (Fsp3) is 0.625. The molecule has 2 aliphatic rings. The van der Waals surface area contributed by atoms with E-state index in [9.17, 15) is 0 Å². The van der Waals surface area contributed by atoms with Crippen LogP contribution in [-0.2, 0) is 6.42 Å². The maximum Gasteiger partial charge on any atom is 0.123 e. The van der Waals surface area contributed by atoms with Crippen LogP contribution in [0.15, 0.2) is 24.3 Å². The number of para-hydroxylation sites is 1. The standard InChI is InChI=1S/C16H21ClO/c17-14-7-3-1-5-12(9-14)10-15-11-13-6-2-4-8-16(13)18-15/h2,4,6,8,12,14-15H,1,3,5,7,9-11H2. The summed E-state index contributed by atoms with van der Waals surface area (Å²) in [6.45, 7) is 0. The SMILES string of the molecule is ClC1CCCCC(CC2Cc3ccccc3O2)C1. The smallest absolute Gasteiger partial charge is 0.123 e. The van der Waals surface area contributed by atoms with Gasteiger partial charge in [0, 0.05) is 11.8 Å². The maximum absolute atomic E-state index is 6.35. The first-order valence-electron chi connectivity index (χ1n) is 7.20. The van der Waals surface area contributed by atoms with Crippen LogP contribution in [0.25, 0.3) is 0 Å². The second-order valence-electron chi connectivity index (χ2n) is 5.77. The molecule has 0 radical (unpaired) electrons. The van der Waals surface area contributed by atoms with Gasteiger partial charge in [-0.2, -0.15) is 0 Å². The zero-order chi connectivity index (χ0) is 12.4. The highest BCUT2D eigenvalue weighted by Gasteiger charge is 2.27. The van der Waals surface area contributed by atoms with Crippen molar-refractivity contribution in [3.8, 4) is 5.75 Å². The van der Waals surface area contributed by atoms with E-state index in [0.29, 0.717) is 11.5 Å². The maximum atomic E-state index is 6.35. The molecule has 0 spiro atoms. The van der Waals surface area contributed by atoms with E-state index in [1.54, 1.807) is 0 Å². The summed E-state index contributed by atoms with van der Waals surface area (Å²) in [6, 6.07) is 8.44. The molecule has 0 amide bonds. The van der Waals surface area contributed by atoms with E-state index in [4.69, 9.17) is 16.3 Å². The average Bonchev–Trinajstić information content (AvgIpc) is 2.65. The lowest BCUT2D eigenvalue weighted by Gasteiger charge is -2.20. The Morgan fingerprint density at radius 1 is 1.17 bits per heavy atom. The summed E-state index contributed by atoms with van der Waals surface area (Å²) in [6.07, 6.45) is 9.00. The van der Waals surface area contributed by atoms with Gasteiger partial charge in [0.15, 0.2) is 0 Å². The summed E-state index contributed by atoms with van der Waals surface area (Å²) in [5, 5.41) is 0.390. The number of halogens is 1. The molecule has 1 nitrogen and oxygen atoms in total. The van der Waals surface area contributed by atoms with E-state index < -0.39 is 0 Å². The first-order chi connectivity index (χ1) is 8.81. The molecular formula is C16H21ClO. The second-order valence-corrected chi connectivity index (χ2v) is 6.39. The summed E-state index contributed by atoms with van der Waals surface area (Å²) in [4.78, 5) is 0. The Morgan fingerprint density at radius 2 is 2.00 bits per heavy atom. The zero-order valence-electron chi connectivity index (χ0n) is 10.8. The quantitative estimate of drug-likeness (QED) is 0.562. The van der Waals surface area contributed by atoms with Crippen molar-refractivity contribution >= 4 is 11.6 Å². The lowest BCUT2D eigenvalue weighted by Crippen LogP contribution is -2.19. The zero-order valence-corrected chi connectivity index (χ0v) is 11.5. The largest absolute Gasteiger partial charge is 0.490 e. The third kappa shape index (κ3) is 2.83. The molecular weight excluding hydrogens is 244 g/mol. The van der Waals surface area contributed by atoms with Crippen molar-refractivity contribution < 1.29 is 4.74 Å². The van der Waals surface area contributed by atoms with E-state index in [0.717, 1.165) is 18.1 Å². The molecule has 0 aromatic heterocycles. The van der Waals surface area contributed by atoms with E-state index in [2.05, 4.69) is 24.3 Å². The van der Waals surface area contributed by atoms with Crippen molar-refractivity contribution in [2.45, 2.75) is 56.4 Å². The van der Waals surface area contributed by atoms with Gasteiger partial charge in [0.1, 0.15) is 11.9 Å². The Bertz CT molecular complexity index is 379. The van der Waals surface area contributed by atoms with Gasteiger partial charge in [0.25, 0.3) is 0 Å². The third-order valence-electron chi connectivity index (χ3n) is 4.28. The molecule has 98 valence electrons. The molecule has 0 N–H and O–H groups in total. The molecule has 1 fully saturated rings. The summed E-state index contributed by atoms with van der Waals surface area (Å²) in [5.41, 5.74) is 1.37. The Balaban J connectivity index is 1.58. The molecule has 0 bridgehead atoms. The van der Waals surface area contributed by atoms with Crippen molar-refractivity contribution in [1.29, 1.82) is 0 Å². The van der Waals surface area contributed by atoms with Crippen LogP contribution >= 0.6 is 11.6 Å². The molecule has 1 aromatic rings. The van der Waals surface area contributed by atoms with Crippen LogP contribution < -0.4 is 4.74 Å². The minimum atomic E-state index is 0.384. The van der Waals surface area contributed by atoms with Crippen LogP contribution in [0.4, 0.5) is 0 Å². The fourth-order valence-corrected chi connectivity index (χ4v) is 3.77. The van der Waals surface area contributed by atoms with Gasteiger partial charge in [-0.25, -0.2) is 0 Å². The van der Waals surface area contributed by atoms with Crippen molar-refractivity contribution in [3.63, 3.8) is 0 Å². The van der Waals surface area contributed by atoms with E-state index in [1.165, 1.54) is 44.1 Å². The van der Waals surface area contributed by atoms with Crippen LogP contribution in [0.3, 0.4) is 0 Å². The minimum Gasteiger partial charge on any atom is -0.490 e. The normalized spacial score (nSPS) is 31.5. The predicted octanol–water partition coefficient (Wildman–Crippen LogP) is 4.57. The van der Waals surface area contributed by atoms with Crippen molar-refractivity contribution in [3.05, 3.63) is 29.8 Å². The van der Waals surface area contributed by atoms with Crippen molar-refractivity contribution in [2.75, 3.05) is 0 Å². The Morgan fingerprint density at radius 3 is 2.89 bits per heavy atom. The number of hydrogen-bond donors (Lipinski definition) is 0. The number of fused-ring (bicyclic) bond motifs is 1. The van der Waals surface area contributed by atoms with Gasteiger partial charge in [0.05, 0.1) is 0 Å². The molecule has 0 saturated heterocycles. The lowest BCUT2D eigenvalue weighted by molar-refractivity contribution is 0.187. The Labute approximate surface area is 114 Å². The predicted molar refractivity (Wildman–Crippen MR) is 75.4 cm³/mol. The Hall–Kier alpha value is -0.690. The number of alkyl halides is 1. The lowest BCUT2D eigenvalue weighted by atomic mass is 9.92. The summed E-state index contributed by atoms with van der Waals surface area (Å²) in [7, 11) is 0. The van der Waals surface area contributed by atoms with E-state index in [-0.39, 0.29) is 0 Å². The van der Waals surface area contributed by atoms with E-state index >= 15 is 0 Å². The second kappa shape index (κ2) is 5.52. The van der Waals surface area contributed by atoms with E-state index in [1.807, 2.05) is 0 Å². The summed E-state index contributed by atoms with van der Waals surface area (Å²) >= 11 is 6.35. The molecule has 3 unspecified atom stereocenters. The summed E-state index contributed by atoms with van der Waals surface area (Å²) < 4.78 is 6.04. The average molecular weight is 265 g/mol. The number of rotatable bonds is 2. The first-order valence-corrected chi connectivity index (χ1v) is 7.63. The highest BCUT2D eigenvalue weighted by molar-refractivity contribution is 6.20. The monoisotopic (exact) mass is 264 g/mol. The van der Waals surface area contributed by atoms with Crippen LogP contribution in [0.5, 0.6) is 5.75 Å². The van der Waals surface area contributed by atoms with Crippen LogP contribution in [0, 0.1) is 5.92 Å². The Kier molecular flexibility index (Phi) is 3.79. The van der Waals surface area contributed by atoms with Crippen LogP contribution in [0.1, 0.15) is 44.1 Å². The molecule has 1 heterocycles. The van der Waals surface area contributed by atoms with Gasteiger partial charge in [0.2, 0.25) is 0 Å². The third-order valence-corrected chi connectivity index (χ3v) is 4.68. The van der Waals surface area contributed by atoms with Crippen molar-refractivity contribution in [1.82, 2.24) is 0 Å². The molecule has 1 aliphatic heterocycles. The van der Waals surface area contributed by atoms with Gasteiger partial charge in [-0.1, -0.05) is 37.5 Å². The molecule has 1 aliphatic carbocycles. The highest BCUT2D eigenvalue weighted by atomic mass is 35.5. The highest BCUT2D eigenvalue weighted by Crippen LogP contribution is 2.35. The molecule has 2 heteroatoms. The van der Waals surface area contributed by atoms with Gasteiger partial charge in [-0.05, 0) is 36.8 Å². The first kappa shape index (κ1) is 12.3. The number of ether oxygens (including phenoxy) is 1. The molecule has 1 aromatic carbocycles. The topological polar surface area (TPSA) is 9.23 Å². The molecule has 3 rings (SSSR count). The van der Waals surface area contributed by atoms with Crippen molar-refractivity contribution in [2.24, 2.45) is 5.92 Å². The minimum absolute atomic E-state index is 0.384. The summed E-state index contributed by atoms with van der Waals surface area (Å²) in [5.74, 6) is 1.85.